The van der Waals surface area contributed by atoms with Gasteiger partial charge in [0.2, 0.25) is 12.4 Å². The number of thioether (sulfide) groups is 1. The highest BCUT2D eigenvalue weighted by atomic mass is 35.5. The van der Waals surface area contributed by atoms with Gasteiger partial charge in [0.1, 0.15) is 5.82 Å². The van der Waals surface area contributed by atoms with Gasteiger partial charge in [-0.05, 0) is 65.2 Å². The summed E-state index contributed by atoms with van der Waals surface area (Å²) in [6.45, 7) is 11.5. The van der Waals surface area contributed by atoms with Crippen LogP contribution < -0.4 is 10.5 Å². The number of nitrogens with zero attached hydrogens (tertiary/aromatic N) is 7. The van der Waals surface area contributed by atoms with Crippen LogP contribution in [0.4, 0.5) is 10.3 Å². The minimum Gasteiger partial charge on any atom is -0.378 e. The molecule has 1 aliphatic rings. The monoisotopic (exact) mass is 771 g/mol. The van der Waals surface area contributed by atoms with Crippen molar-refractivity contribution in [2.75, 3.05) is 57.4 Å². The zero-order chi connectivity index (χ0) is 38.3. The molecule has 0 radical (unpaired) electrons. The van der Waals surface area contributed by atoms with E-state index in [9.17, 15) is 14.0 Å². The highest BCUT2D eigenvalue weighted by Gasteiger charge is 2.14. The molecule has 0 bridgehead atoms. The highest BCUT2D eigenvalue weighted by molar-refractivity contribution is 7.98. The lowest BCUT2D eigenvalue weighted by Gasteiger charge is -2.26. The molecule has 0 aliphatic carbocycles. The number of anilines is 1. The first-order valence-electron chi connectivity index (χ1n) is 18.1. The maximum absolute atomic E-state index is 13.0. The lowest BCUT2D eigenvalue weighted by Crippen LogP contribution is -2.37. The number of hydrogen-bond acceptors (Lipinski definition) is 9. The molecule has 284 valence electrons. The fourth-order valence-electron chi connectivity index (χ4n) is 5.81. The van der Waals surface area contributed by atoms with Crippen LogP contribution in [0.1, 0.15) is 36.1 Å². The molecule has 0 unspecified atom stereocenters. The van der Waals surface area contributed by atoms with Crippen molar-refractivity contribution in [2.24, 2.45) is 7.05 Å². The first-order chi connectivity index (χ1) is 26.2. The van der Waals surface area contributed by atoms with Crippen molar-refractivity contribution in [3.05, 3.63) is 135 Å². The third-order valence-corrected chi connectivity index (χ3v) is 10.4. The van der Waals surface area contributed by atoms with Crippen LogP contribution in [0.25, 0.3) is 11.1 Å². The van der Waals surface area contributed by atoms with Gasteiger partial charge in [-0.2, -0.15) is 4.98 Å². The van der Waals surface area contributed by atoms with E-state index in [1.807, 2.05) is 40.8 Å². The van der Waals surface area contributed by atoms with Gasteiger partial charge in [-0.1, -0.05) is 85.7 Å². The molecule has 3 heterocycles. The molecule has 1 fully saturated rings. The number of carbonyl (C=O) groups excluding carboxylic acids is 1. The number of morpholine rings is 1. The summed E-state index contributed by atoms with van der Waals surface area (Å²) in [7, 11) is 1.86. The average Bonchev–Trinajstić information content (AvgIpc) is 3.20. The summed E-state index contributed by atoms with van der Waals surface area (Å²) >= 11 is 7.37. The minimum atomic E-state index is -0.263. The van der Waals surface area contributed by atoms with E-state index in [1.54, 1.807) is 30.7 Å². The first kappa shape index (κ1) is 40.6. The molecule has 54 heavy (non-hydrogen) atoms. The Bertz CT molecular complexity index is 1950. The zero-order valence-corrected chi connectivity index (χ0v) is 32.6. The minimum absolute atomic E-state index is 0.257. The Kier molecular flexibility index (Phi) is 15.6. The van der Waals surface area contributed by atoms with Crippen LogP contribution in [0.3, 0.4) is 0 Å². The molecular weight excluding hydrogens is 725 g/mol. The molecule has 3 aromatic carbocycles. The summed E-state index contributed by atoms with van der Waals surface area (Å²) < 4.78 is 20.2. The zero-order valence-electron chi connectivity index (χ0n) is 31.0. The maximum atomic E-state index is 13.0. The highest BCUT2D eigenvalue weighted by Crippen LogP contribution is 2.23. The lowest BCUT2D eigenvalue weighted by molar-refractivity contribution is -0.118. The second kappa shape index (κ2) is 20.7. The van der Waals surface area contributed by atoms with Gasteiger partial charge >= 0.3 is 0 Å². The van der Waals surface area contributed by atoms with Gasteiger partial charge in [0.05, 0.1) is 13.2 Å². The van der Waals surface area contributed by atoms with E-state index in [1.165, 1.54) is 23.9 Å². The predicted molar refractivity (Wildman–Crippen MR) is 214 cm³/mol. The van der Waals surface area contributed by atoms with E-state index in [4.69, 9.17) is 16.3 Å². The third kappa shape index (κ3) is 12.2. The van der Waals surface area contributed by atoms with Gasteiger partial charge in [-0.3, -0.25) is 9.59 Å². The van der Waals surface area contributed by atoms with Crippen molar-refractivity contribution in [3.8, 4) is 11.1 Å². The van der Waals surface area contributed by atoms with E-state index in [0.717, 1.165) is 78.5 Å². The Hall–Kier alpha value is -4.62. The number of benzene rings is 3. The summed E-state index contributed by atoms with van der Waals surface area (Å²) in [5.74, 6) is 1.03. The molecule has 1 aliphatic heterocycles. The van der Waals surface area contributed by atoms with Crippen LogP contribution in [0.5, 0.6) is 0 Å². The molecule has 0 saturated carbocycles. The van der Waals surface area contributed by atoms with Gasteiger partial charge in [-0.15, -0.1) is 0 Å². The Labute approximate surface area is 326 Å². The van der Waals surface area contributed by atoms with Gasteiger partial charge in [0, 0.05) is 81.1 Å². The van der Waals surface area contributed by atoms with E-state index in [-0.39, 0.29) is 11.4 Å². The first-order valence-corrected chi connectivity index (χ1v) is 19.4. The Morgan fingerprint density at radius 1 is 0.870 bits per heavy atom. The summed E-state index contributed by atoms with van der Waals surface area (Å²) in [6, 6.07) is 22.5. The van der Waals surface area contributed by atoms with E-state index in [0.29, 0.717) is 48.6 Å². The molecule has 1 saturated heterocycles. The van der Waals surface area contributed by atoms with Crippen molar-refractivity contribution in [1.29, 1.82) is 0 Å². The molecular formula is C41H47ClFN7O3S. The molecule has 13 heteroatoms. The summed E-state index contributed by atoms with van der Waals surface area (Å²) in [6.07, 6.45) is 6.68. The smallest absolute Gasteiger partial charge is 0.277 e. The number of ether oxygens (including phenoxy) is 1. The fourth-order valence-corrected chi connectivity index (χ4v) is 6.83. The number of likely N-dealkylation sites (N-methyl/N-ethyl adjacent to an activating group) is 1. The SMILES string of the molecule is CCN(CC)CCN(C=O)Cc1ccc(-c2ccc(Cl)cc2)cc1.Cn1cc(Cc2cnc(N3CCOCC3)nc2)c(=O)nc1SCc1ccc(F)cc1. The van der Waals surface area contributed by atoms with Gasteiger partial charge in [0.15, 0.2) is 5.16 Å². The van der Waals surface area contributed by atoms with Crippen LogP contribution in [0.2, 0.25) is 5.02 Å². The van der Waals surface area contributed by atoms with Crippen LogP contribution in [-0.4, -0.2) is 88.2 Å². The molecule has 0 spiro atoms. The van der Waals surface area contributed by atoms with Crippen molar-refractivity contribution < 1.29 is 13.9 Å². The number of carbonyl (C=O) groups is 1. The molecule has 1 amide bonds. The standard InChI is InChI=1S/C21H22FN5O2S.C20H25ClN2O/c1-26-13-17(10-16-11-23-20(24-12-16)27-6-8-29-9-7-27)19(28)25-21(26)30-14-15-2-4-18(22)5-3-15;1-3-22(4-2)13-14-23(16-24)15-17-5-7-18(8-6-17)19-9-11-20(21)12-10-19/h2-5,11-13H,6-10,14H2,1H3;5-12,16H,3-4,13-15H2,1-2H3. The van der Waals surface area contributed by atoms with Crippen LogP contribution in [0, 0.1) is 5.82 Å². The second-order valence-corrected chi connectivity index (χ2v) is 14.2. The number of aromatic nitrogens is 4. The normalized spacial score (nSPS) is 12.7. The van der Waals surface area contributed by atoms with Crippen LogP contribution >= 0.6 is 23.4 Å². The quantitative estimate of drug-likeness (QED) is 0.0652. The van der Waals surface area contributed by atoms with E-state index < -0.39 is 0 Å². The van der Waals surface area contributed by atoms with Crippen LogP contribution in [-0.2, 0) is 35.3 Å². The van der Waals surface area contributed by atoms with Crippen LogP contribution in [0.15, 0.2) is 101 Å². The maximum Gasteiger partial charge on any atom is 0.277 e. The third-order valence-electron chi connectivity index (χ3n) is 9.05. The number of aryl methyl sites for hydroxylation is 1. The van der Waals surface area contributed by atoms with Gasteiger partial charge in [0.25, 0.3) is 5.56 Å². The second-order valence-electron chi connectivity index (χ2n) is 12.9. The summed E-state index contributed by atoms with van der Waals surface area (Å²) in [5.41, 5.74) is 5.59. The molecule has 0 atom stereocenters. The molecule has 0 N–H and O–H groups in total. The lowest BCUT2D eigenvalue weighted by atomic mass is 10.0. The molecule has 10 nitrogen and oxygen atoms in total. The van der Waals surface area contributed by atoms with E-state index in [2.05, 4.69) is 62.9 Å². The largest absolute Gasteiger partial charge is 0.378 e. The number of halogens is 2. The number of rotatable bonds is 15. The van der Waals surface area contributed by atoms with Crippen molar-refractivity contribution in [3.63, 3.8) is 0 Å². The molecule has 5 aromatic rings. The molecule has 2 aromatic heterocycles. The van der Waals surface area contributed by atoms with Gasteiger partial charge in [-0.25, -0.2) is 14.4 Å². The van der Waals surface area contributed by atoms with E-state index >= 15 is 0 Å². The fraction of sp³-hybridized carbons (Fsp3) is 0.341. The summed E-state index contributed by atoms with van der Waals surface area (Å²) in [5, 5.41) is 1.36. The summed E-state index contributed by atoms with van der Waals surface area (Å²) in [4.78, 5) is 43.2. The predicted octanol–water partition coefficient (Wildman–Crippen LogP) is 6.74. The van der Waals surface area contributed by atoms with Crippen molar-refractivity contribution >= 4 is 35.7 Å². The number of hydrogen-bond donors (Lipinski definition) is 0. The molecule has 6 rings (SSSR count). The van der Waals surface area contributed by atoms with Crippen molar-refractivity contribution in [2.45, 2.75) is 37.7 Å². The van der Waals surface area contributed by atoms with Gasteiger partial charge < -0.3 is 24.0 Å². The topological polar surface area (TPSA) is 96.7 Å². The number of amides is 1. The Morgan fingerprint density at radius 2 is 1.48 bits per heavy atom. The average molecular weight is 772 g/mol. The Morgan fingerprint density at radius 3 is 2.09 bits per heavy atom. The van der Waals surface area contributed by atoms with Crippen molar-refractivity contribution in [1.82, 2.24) is 29.3 Å². The Balaban J connectivity index is 0.000000213.